The number of carbonyl (C=O) groups is 2. The minimum Gasteiger partial charge on any atom is -0.481 e. The molecule has 0 saturated carbocycles. The molecule has 0 aliphatic carbocycles. The summed E-state index contributed by atoms with van der Waals surface area (Å²) in [6.45, 7) is 5.83. The normalized spacial score (nSPS) is 18.8. The van der Waals surface area contributed by atoms with Gasteiger partial charge in [-0.05, 0) is 23.7 Å². The summed E-state index contributed by atoms with van der Waals surface area (Å²) in [4.78, 5) is 23.5. The molecular weight excluding hydrogens is 242 g/mol. The molecule has 0 atom stereocenters. The first-order valence-electron chi connectivity index (χ1n) is 5.19. The quantitative estimate of drug-likeness (QED) is 0.613. The lowest BCUT2D eigenvalue weighted by atomic mass is 9.96. The first kappa shape index (κ1) is 13.6. The van der Waals surface area contributed by atoms with Gasteiger partial charge in [-0.3, -0.25) is 14.5 Å². The van der Waals surface area contributed by atoms with Gasteiger partial charge in [0, 0.05) is 6.54 Å². The number of ether oxygens (including phenoxy) is 1. The molecule has 0 aromatic carbocycles. The van der Waals surface area contributed by atoms with Crippen LogP contribution in [-0.4, -0.2) is 33.6 Å². The number of carbonyl (C=O) groups excluding carboxylic acids is 1. The Morgan fingerprint density at radius 1 is 1.53 bits per heavy atom. The number of amides is 1. The molecule has 0 radical (unpaired) electrons. The number of carboxylic acid groups (broad SMARTS) is 1. The molecule has 1 heterocycles. The van der Waals surface area contributed by atoms with Crippen molar-refractivity contribution in [3.8, 4) is 0 Å². The summed E-state index contributed by atoms with van der Waals surface area (Å²) < 4.78 is 5.17. The van der Waals surface area contributed by atoms with E-state index in [4.69, 9.17) is 22.1 Å². The van der Waals surface area contributed by atoms with Crippen LogP contribution in [0.1, 0.15) is 27.2 Å². The summed E-state index contributed by atoms with van der Waals surface area (Å²) in [6, 6.07) is 0. The van der Waals surface area contributed by atoms with E-state index in [2.05, 4.69) is 0 Å². The van der Waals surface area contributed by atoms with Gasteiger partial charge in [0.1, 0.15) is 0 Å². The number of allylic oxidation sites excluding steroid dienone is 1. The van der Waals surface area contributed by atoms with Crippen LogP contribution in [0, 0.1) is 5.41 Å². The number of carboxylic acids is 1. The van der Waals surface area contributed by atoms with Crippen LogP contribution in [0.2, 0.25) is 0 Å². The fraction of sp³-hybridized carbons (Fsp3) is 0.545. The van der Waals surface area contributed by atoms with Crippen LogP contribution in [0.25, 0.3) is 0 Å². The van der Waals surface area contributed by atoms with Gasteiger partial charge in [-0.2, -0.15) is 0 Å². The fourth-order valence-corrected chi connectivity index (χ4v) is 1.56. The highest BCUT2D eigenvalue weighted by atomic mass is 32.1. The zero-order chi connectivity index (χ0) is 13.2. The van der Waals surface area contributed by atoms with Crippen molar-refractivity contribution in [1.82, 2.24) is 4.90 Å². The second-order valence-electron chi connectivity index (χ2n) is 4.84. The second-order valence-corrected chi connectivity index (χ2v) is 5.19. The van der Waals surface area contributed by atoms with Crippen molar-refractivity contribution in [3.63, 3.8) is 0 Å². The van der Waals surface area contributed by atoms with Crippen molar-refractivity contribution in [2.45, 2.75) is 27.2 Å². The largest absolute Gasteiger partial charge is 0.481 e. The Labute approximate surface area is 105 Å². The van der Waals surface area contributed by atoms with E-state index in [1.807, 2.05) is 20.8 Å². The maximum Gasteiger partial charge on any atom is 0.305 e. The lowest BCUT2D eigenvalue weighted by molar-refractivity contribution is -0.137. The summed E-state index contributed by atoms with van der Waals surface area (Å²) in [5, 5.41) is 8.58. The average Bonchev–Trinajstić information content (AvgIpc) is 2.37. The summed E-state index contributed by atoms with van der Waals surface area (Å²) >= 11 is 4.88. The lowest BCUT2D eigenvalue weighted by Crippen LogP contribution is -2.30. The number of hydrogen-bond acceptors (Lipinski definition) is 4. The van der Waals surface area contributed by atoms with Gasteiger partial charge in [0.05, 0.1) is 6.42 Å². The van der Waals surface area contributed by atoms with E-state index in [1.54, 1.807) is 6.08 Å². The zero-order valence-corrected chi connectivity index (χ0v) is 10.8. The van der Waals surface area contributed by atoms with E-state index >= 15 is 0 Å². The molecule has 1 aliphatic heterocycles. The molecule has 5 nitrogen and oxygen atoms in total. The van der Waals surface area contributed by atoms with E-state index in [1.165, 1.54) is 4.90 Å². The van der Waals surface area contributed by atoms with Crippen molar-refractivity contribution in [3.05, 3.63) is 11.8 Å². The van der Waals surface area contributed by atoms with Crippen LogP contribution in [-0.2, 0) is 14.3 Å². The first-order valence-corrected chi connectivity index (χ1v) is 5.60. The number of aliphatic carboxylic acids is 1. The Bertz CT molecular complexity index is 395. The molecule has 17 heavy (non-hydrogen) atoms. The molecule has 1 N–H and O–H groups in total. The van der Waals surface area contributed by atoms with Crippen molar-refractivity contribution in [1.29, 1.82) is 0 Å². The van der Waals surface area contributed by atoms with E-state index in [9.17, 15) is 9.59 Å². The van der Waals surface area contributed by atoms with Gasteiger partial charge >= 0.3 is 5.97 Å². The minimum absolute atomic E-state index is 0.0201. The summed E-state index contributed by atoms with van der Waals surface area (Å²) in [5.74, 6) is -1.17. The Hall–Kier alpha value is -1.43. The van der Waals surface area contributed by atoms with Crippen LogP contribution < -0.4 is 0 Å². The monoisotopic (exact) mass is 257 g/mol. The SMILES string of the molecule is CC(C)(C)/C=C1\OC(=S)N(CCC(=O)O)C1=O. The molecule has 0 aromatic rings. The molecule has 1 fully saturated rings. The topological polar surface area (TPSA) is 66.8 Å². The van der Waals surface area contributed by atoms with E-state index in [0.29, 0.717) is 0 Å². The molecule has 0 bridgehead atoms. The van der Waals surface area contributed by atoms with Gasteiger partial charge in [0.2, 0.25) is 0 Å². The van der Waals surface area contributed by atoms with Crippen molar-refractivity contribution in [2.75, 3.05) is 6.54 Å². The number of thiocarbonyl (C=S) groups is 1. The summed E-state index contributed by atoms with van der Waals surface area (Å²) in [6.07, 6.45) is 1.53. The molecular formula is C11H15NO4S. The number of hydrogen-bond donors (Lipinski definition) is 1. The minimum atomic E-state index is -0.978. The standard InChI is InChI=1S/C11H15NO4S/c1-11(2,3)6-7-9(15)12(10(17)16-7)5-4-8(13)14/h6H,4-5H2,1-3H3,(H,13,14)/b7-6-. The van der Waals surface area contributed by atoms with Crippen LogP contribution in [0.5, 0.6) is 0 Å². The molecule has 1 aliphatic rings. The molecule has 94 valence electrons. The van der Waals surface area contributed by atoms with E-state index < -0.39 is 5.97 Å². The Morgan fingerprint density at radius 2 is 2.12 bits per heavy atom. The third-order valence-electron chi connectivity index (χ3n) is 1.99. The molecule has 0 unspecified atom stereocenters. The fourth-order valence-electron chi connectivity index (χ4n) is 1.29. The highest BCUT2D eigenvalue weighted by molar-refractivity contribution is 7.80. The molecule has 6 heteroatoms. The predicted molar refractivity (Wildman–Crippen MR) is 65.2 cm³/mol. The Kier molecular flexibility index (Phi) is 3.87. The van der Waals surface area contributed by atoms with Gasteiger partial charge in [0.25, 0.3) is 11.1 Å². The van der Waals surface area contributed by atoms with Gasteiger partial charge in [-0.15, -0.1) is 0 Å². The van der Waals surface area contributed by atoms with Crippen LogP contribution in [0.4, 0.5) is 0 Å². The van der Waals surface area contributed by atoms with Crippen molar-refractivity contribution in [2.24, 2.45) is 5.41 Å². The predicted octanol–water partition coefficient (Wildman–Crippen LogP) is 1.53. The van der Waals surface area contributed by atoms with E-state index in [-0.39, 0.29) is 35.2 Å². The highest BCUT2D eigenvalue weighted by Gasteiger charge is 2.34. The Morgan fingerprint density at radius 3 is 2.59 bits per heavy atom. The number of nitrogens with zero attached hydrogens (tertiary/aromatic N) is 1. The number of rotatable bonds is 3. The maximum absolute atomic E-state index is 11.9. The smallest absolute Gasteiger partial charge is 0.305 e. The van der Waals surface area contributed by atoms with Crippen LogP contribution in [0.15, 0.2) is 11.8 Å². The molecule has 0 spiro atoms. The van der Waals surface area contributed by atoms with E-state index in [0.717, 1.165) is 0 Å². The van der Waals surface area contributed by atoms with Gasteiger partial charge in [-0.25, -0.2) is 0 Å². The highest BCUT2D eigenvalue weighted by Crippen LogP contribution is 2.24. The van der Waals surface area contributed by atoms with Crippen molar-refractivity contribution >= 4 is 29.3 Å². The Balaban J connectivity index is 2.79. The summed E-state index contributed by atoms with van der Waals surface area (Å²) in [5.41, 5.74) is -0.205. The average molecular weight is 257 g/mol. The zero-order valence-electron chi connectivity index (χ0n) is 10.0. The van der Waals surface area contributed by atoms with Gasteiger partial charge < -0.3 is 9.84 Å². The van der Waals surface area contributed by atoms with Crippen molar-refractivity contribution < 1.29 is 19.4 Å². The third-order valence-corrected chi connectivity index (χ3v) is 2.29. The second kappa shape index (κ2) is 4.83. The summed E-state index contributed by atoms with van der Waals surface area (Å²) in [7, 11) is 0. The maximum atomic E-state index is 11.9. The molecule has 1 amide bonds. The molecule has 1 saturated heterocycles. The van der Waals surface area contributed by atoms with Gasteiger partial charge in [0.15, 0.2) is 5.76 Å². The third kappa shape index (κ3) is 3.81. The van der Waals surface area contributed by atoms with Crippen LogP contribution in [0.3, 0.4) is 0 Å². The van der Waals surface area contributed by atoms with Gasteiger partial charge in [-0.1, -0.05) is 20.8 Å². The van der Waals surface area contributed by atoms with Crippen LogP contribution >= 0.6 is 12.2 Å². The lowest BCUT2D eigenvalue weighted by Gasteiger charge is -2.12. The molecule has 1 rings (SSSR count). The molecule has 0 aromatic heterocycles. The first-order chi connectivity index (χ1) is 7.70.